The number of rotatable bonds is 2. The quantitative estimate of drug-likeness (QED) is 0.368. The van der Waals surface area contributed by atoms with Crippen LogP contribution in [0.3, 0.4) is 0 Å². The molecular formula is C25H34Cl2O4. The summed E-state index contributed by atoms with van der Waals surface area (Å²) in [5.74, 6) is 1.03. The van der Waals surface area contributed by atoms with Crippen molar-refractivity contribution in [3.05, 3.63) is 23.3 Å². The topological polar surface area (TPSA) is 60.4 Å². The van der Waals surface area contributed by atoms with Crippen molar-refractivity contribution in [3.8, 4) is 0 Å². The largest absolute Gasteiger partial charge is 0.451 e. The van der Waals surface area contributed by atoms with Gasteiger partial charge in [0.1, 0.15) is 0 Å². The average molecular weight is 469 g/mol. The average Bonchev–Trinajstić information content (AvgIpc) is 2.97. The summed E-state index contributed by atoms with van der Waals surface area (Å²) < 4.78 is 5.82. The van der Waals surface area contributed by atoms with Crippen LogP contribution in [0, 0.1) is 28.6 Å². The van der Waals surface area contributed by atoms with Gasteiger partial charge in [0.25, 0.3) is 0 Å². The molecule has 4 aliphatic carbocycles. The highest BCUT2D eigenvalue weighted by Gasteiger charge is 2.67. The number of carbonyl (C=O) groups is 3. The van der Waals surface area contributed by atoms with E-state index >= 15 is 0 Å². The van der Waals surface area contributed by atoms with Crippen molar-refractivity contribution < 1.29 is 19.1 Å². The fourth-order valence-corrected chi connectivity index (χ4v) is 7.48. The fourth-order valence-electron chi connectivity index (χ4n) is 7.48. The normalized spacial score (nSPS) is 40.9. The highest BCUT2D eigenvalue weighted by atomic mass is 35.5. The Labute approximate surface area is 195 Å². The Kier molecular flexibility index (Phi) is 6.85. The van der Waals surface area contributed by atoms with Gasteiger partial charge in [-0.25, -0.2) is 0 Å². The van der Waals surface area contributed by atoms with Crippen LogP contribution < -0.4 is 0 Å². The van der Waals surface area contributed by atoms with Gasteiger partial charge in [0.2, 0.25) is 0 Å². The number of ether oxygens (including phenoxy) is 1. The molecular weight excluding hydrogens is 435 g/mol. The molecule has 31 heavy (non-hydrogen) atoms. The van der Waals surface area contributed by atoms with Gasteiger partial charge in [-0.2, -0.15) is 0 Å². The highest BCUT2D eigenvalue weighted by molar-refractivity contribution is 6.40. The van der Waals surface area contributed by atoms with Crippen LogP contribution in [-0.2, 0) is 19.1 Å². The molecule has 0 saturated heterocycles. The number of allylic oxidation sites excluding steroid dienone is 4. The summed E-state index contributed by atoms with van der Waals surface area (Å²) in [7, 11) is 0. The number of hydrogen-bond acceptors (Lipinski definition) is 4. The SMILES string of the molecule is CC(=O)O[C@]1(C(C)=O)CC[C@H]2[C@@H]3C=C(C)C4=CC(=O)CC[C@]4(C)[C@H]3CC[C@@]21C.ClCCl. The first-order valence-electron chi connectivity index (χ1n) is 11.2. The Hall–Kier alpha value is -1.13. The van der Waals surface area contributed by atoms with Crippen molar-refractivity contribution in [3.63, 3.8) is 0 Å². The van der Waals surface area contributed by atoms with Crippen LogP contribution in [0.25, 0.3) is 0 Å². The molecule has 2 saturated carbocycles. The molecule has 0 aromatic rings. The maximum absolute atomic E-state index is 12.8. The number of fused-ring (bicyclic) bond motifs is 5. The highest BCUT2D eigenvalue weighted by Crippen LogP contribution is 2.67. The van der Waals surface area contributed by atoms with Crippen LogP contribution >= 0.6 is 23.2 Å². The second-order valence-corrected chi connectivity index (χ2v) is 11.0. The summed E-state index contributed by atoms with van der Waals surface area (Å²) in [4.78, 5) is 36.8. The number of Topliss-reactive ketones (excluding diaryl/α,β-unsaturated/α-hetero) is 1. The van der Waals surface area contributed by atoms with Crippen molar-refractivity contribution in [2.75, 3.05) is 5.34 Å². The van der Waals surface area contributed by atoms with Crippen molar-refractivity contribution >= 4 is 40.7 Å². The molecule has 6 heteroatoms. The molecule has 0 heterocycles. The van der Waals surface area contributed by atoms with Gasteiger partial charge in [-0.05, 0) is 80.8 Å². The first-order valence-corrected chi connectivity index (χ1v) is 12.3. The van der Waals surface area contributed by atoms with E-state index in [1.165, 1.54) is 18.1 Å². The van der Waals surface area contributed by atoms with Gasteiger partial charge in [0, 0.05) is 18.8 Å². The zero-order chi connectivity index (χ0) is 23.2. The molecule has 6 atom stereocenters. The van der Waals surface area contributed by atoms with Gasteiger partial charge in [-0.1, -0.05) is 25.5 Å². The molecule has 0 radical (unpaired) electrons. The lowest BCUT2D eigenvalue weighted by Crippen LogP contribution is -2.58. The number of halogens is 2. The standard InChI is InChI=1S/C24H32O4.CH2Cl2/c1-14-12-18-19(22(4)9-6-17(27)13-21(14)22)7-10-23(5)20(18)8-11-24(23,15(2)25)28-16(3)26;2-1-3/h12-13,18-20H,6-11H2,1-5H3;1H2/t18-,19+,20+,22-,23+,24+;/m1./s1. The number of alkyl halides is 2. The third-order valence-electron chi connectivity index (χ3n) is 8.84. The maximum Gasteiger partial charge on any atom is 0.303 e. The molecule has 4 rings (SSSR count). The van der Waals surface area contributed by atoms with E-state index in [-0.39, 0.29) is 33.7 Å². The third-order valence-corrected chi connectivity index (χ3v) is 8.84. The molecule has 0 aromatic heterocycles. The van der Waals surface area contributed by atoms with Crippen LogP contribution in [0.4, 0.5) is 0 Å². The molecule has 0 aliphatic heterocycles. The second-order valence-electron chi connectivity index (χ2n) is 10.2. The summed E-state index contributed by atoms with van der Waals surface area (Å²) in [6.07, 6.45) is 9.20. The number of esters is 1. The van der Waals surface area contributed by atoms with Gasteiger partial charge >= 0.3 is 5.97 Å². The Bertz CT molecular complexity index is 846. The van der Waals surface area contributed by atoms with Crippen molar-refractivity contribution in [2.24, 2.45) is 28.6 Å². The molecule has 4 aliphatic rings. The van der Waals surface area contributed by atoms with E-state index in [2.05, 4.69) is 26.8 Å². The Morgan fingerprint density at radius 2 is 1.71 bits per heavy atom. The molecule has 0 aromatic carbocycles. The molecule has 4 nitrogen and oxygen atoms in total. The summed E-state index contributed by atoms with van der Waals surface area (Å²) in [6, 6.07) is 0. The zero-order valence-corrected chi connectivity index (χ0v) is 20.7. The van der Waals surface area contributed by atoms with Crippen LogP contribution in [0.1, 0.15) is 73.1 Å². The summed E-state index contributed by atoms with van der Waals surface area (Å²) >= 11 is 9.53. The van der Waals surface area contributed by atoms with E-state index in [0.717, 1.165) is 25.7 Å². The Balaban J connectivity index is 0.000000858. The van der Waals surface area contributed by atoms with E-state index in [0.29, 0.717) is 30.6 Å². The summed E-state index contributed by atoms with van der Waals surface area (Å²) in [5.41, 5.74) is 1.15. The molecule has 172 valence electrons. The number of carbonyl (C=O) groups excluding carboxylic acids is 3. The van der Waals surface area contributed by atoms with Gasteiger partial charge in [-0.15, -0.1) is 23.2 Å². The Morgan fingerprint density at radius 3 is 2.29 bits per heavy atom. The summed E-state index contributed by atoms with van der Waals surface area (Å²) in [6.45, 7) is 9.63. The summed E-state index contributed by atoms with van der Waals surface area (Å²) in [5, 5.41) is 0.194. The minimum atomic E-state index is -0.990. The van der Waals surface area contributed by atoms with E-state index in [1.54, 1.807) is 6.92 Å². The molecule has 0 unspecified atom stereocenters. The van der Waals surface area contributed by atoms with Crippen LogP contribution in [0.5, 0.6) is 0 Å². The number of hydrogen-bond donors (Lipinski definition) is 0. The lowest BCUT2D eigenvalue weighted by molar-refractivity contribution is -0.185. The molecule has 0 N–H and O–H groups in total. The first-order chi connectivity index (χ1) is 14.5. The van der Waals surface area contributed by atoms with Gasteiger partial charge < -0.3 is 4.74 Å². The van der Waals surface area contributed by atoms with Crippen LogP contribution in [0.2, 0.25) is 0 Å². The minimum absolute atomic E-state index is 0.0160. The van der Waals surface area contributed by atoms with Gasteiger partial charge in [0.05, 0.1) is 5.34 Å². The number of ketones is 2. The molecule has 2 fully saturated rings. The first kappa shape index (κ1) is 24.5. The maximum atomic E-state index is 12.8. The monoisotopic (exact) mass is 468 g/mol. The van der Waals surface area contributed by atoms with Gasteiger partial charge in [0.15, 0.2) is 17.2 Å². The van der Waals surface area contributed by atoms with Crippen LogP contribution in [0.15, 0.2) is 23.3 Å². The second kappa shape index (κ2) is 8.67. The smallest absolute Gasteiger partial charge is 0.303 e. The fraction of sp³-hybridized carbons (Fsp3) is 0.720. The van der Waals surface area contributed by atoms with E-state index in [4.69, 9.17) is 27.9 Å². The molecule has 0 bridgehead atoms. The Morgan fingerprint density at radius 1 is 1.10 bits per heavy atom. The molecule has 0 spiro atoms. The van der Waals surface area contributed by atoms with Crippen molar-refractivity contribution in [1.29, 1.82) is 0 Å². The van der Waals surface area contributed by atoms with Gasteiger partial charge in [-0.3, -0.25) is 14.4 Å². The van der Waals surface area contributed by atoms with E-state index in [9.17, 15) is 14.4 Å². The zero-order valence-electron chi connectivity index (χ0n) is 19.2. The predicted octanol–water partition coefficient (Wildman–Crippen LogP) is 6.00. The lowest BCUT2D eigenvalue weighted by Gasteiger charge is -2.58. The van der Waals surface area contributed by atoms with E-state index < -0.39 is 5.60 Å². The van der Waals surface area contributed by atoms with Crippen LogP contribution in [-0.4, -0.2) is 28.5 Å². The minimum Gasteiger partial charge on any atom is -0.451 e. The van der Waals surface area contributed by atoms with E-state index in [1.807, 2.05) is 6.08 Å². The predicted molar refractivity (Wildman–Crippen MR) is 123 cm³/mol. The third kappa shape index (κ3) is 3.72. The molecule has 0 amide bonds. The van der Waals surface area contributed by atoms with Crippen molar-refractivity contribution in [2.45, 2.75) is 78.7 Å². The van der Waals surface area contributed by atoms with Crippen molar-refractivity contribution in [1.82, 2.24) is 0 Å². The lowest BCUT2D eigenvalue weighted by atomic mass is 9.47.